The molecule has 0 radical (unpaired) electrons. The fourth-order valence-corrected chi connectivity index (χ4v) is 5.59. The van der Waals surface area contributed by atoms with Crippen molar-refractivity contribution in [1.29, 1.82) is 0 Å². The molecule has 4 aliphatic rings. The summed E-state index contributed by atoms with van der Waals surface area (Å²) in [6, 6.07) is 0. The van der Waals surface area contributed by atoms with E-state index >= 15 is 0 Å². The first-order chi connectivity index (χ1) is 15.3. The third-order valence-electron chi connectivity index (χ3n) is 7.58. The summed E-state index contributed by atoms with van der Waals surface area (Å²) in [5.41, 5.74) is 0.514. The number of hydrogen-bond acceptors (Lipinski definition) is 6. The van der Waals surface area contributed by atoms with Crippen LogP contribution in [0.1, 0.15) is 44.4 Å². The molecule has 7 nitrogen and oxygen atoms in total. The van der Waals surface area contributed by atoms with E-state index in [-0.39, 0.29) is 18.0 Å². The van der Waals surface area contributed by atoms with Gasteiger partial charge < -0.3 is 20.4 Å². The van der Waals surface area contributed by atoms with Gasteiger partial charge in [-0.05, 0) is 36.5 Å². The van der Waals surface area contributed by atoms with E-state index in [0.29, 0.717) is 60.4 Å². The van der Waals surface area contributed by atoms with Crippen molar-refractivity contribution in [3.05, 3.63) is 11.3 Å². The smallest absolute Gasteiger partial charge is 0.290 e. The lowest BCUT2D eigenvalue weighted by molar-refractivity contribution is -0.132. The van der Waals surface area contributed by atoms with Crippen molar-refractivity contribution in [3.8, 4) is 0 Å². The van der Waals surface area contributed by atoms with Gasteiger partial charge in [0, 0.05) is 64.2 Å². The summed E-state index contributed by atoms with van der Waals surface area (Å²) in [5.74, 6) is 0.237. The molecule has 0 aromatic carbocycles. The summed E-state index contributed by atoms with van der Waals surface area (Å²) >= 11 is 0. The van der Waals surface area contributed by atoms with Crippen molar-refractivity contribution >= 4 is 17.7 Å². The Balaban J connectivity index is 1.26. The van der Waals surface area contributed by atoms with E-state index in [0.717, 1.165) is 45.7 Å². The van der Waals surface area contributed by atoms with E-state index < -0.39 is 5.92 Å². The zero-order valence-corrected chi connectivity index (χ0v) is 19.0. The van der Waals surface area contributed by atoms with Crippen LogP contribution >= 0.6 is 0 Å². The molecule has 0 bridgehead atoms. The van der Waals surface area contributed by atoms with Gasteiger partial charge >= 0.3 is 0 Å². The second kappa shape index (κ2) is 8.39. The van der Waals surface area contributed by atoms with Gasteiger partial charge in [-0.2, -0.15) is 13.8 Å². The number of aromatic nitrogens is 2. The molecule has 176 valence electrons. The Morgan fingerprint density at radius 1 is 1.22 bits per heavy atom. The molecule has 9 heteroatoms. The van der Waals surface area contributed by atoms with E-state index in [1.165, 1.54) is 0 Å². The number of amides is 1. The lowest BCUT2D eigenvalue weighted by Crippen LogP contribution is -2.46. The average Bonchev–Trinajstić information content (AvgIpc) is 3.09. The van der Waals surface area contributed by atoms with E-state index in [1.807, 2.05) is 4.90 Å². The monoisotopic (exact) mass is 448 g/mol. The highest BCUT2D eigenvalue weighted by Gasteiger charge is 2.57. The van der Waals surface area contributed by atoms with Gasteiger partial charge in [-0.3, -0.25) is 4.79 Å². The number of fused-ring (bicyclic) bond motifs is 2. The molecule has 1 aromatic heterocycles. The highest BCUT2D eigenvalue weighted by Crippen LogP contribution is 2.55. The maximum Gasteiger partial charge on any atom is 0.290 e. The van der Waals surface area contributed by atoms with Crippen LogP contribution in [0.2, 0.25) is 0 Å². The summed E-state index contributed by atoms with van der Waals surface area (Å²) in [5, 5.41) is 6.44. The van der Waals surface area contributed by atoms with Crippen molar-refractivity contribution in [2.45, 2.75) is 45.5 Å². The molecule has 3 atom stereocenters. The minimum Gasteiger partial charge on any atom is -0.356 e. The Morgan fingerprint density at radius 2 is 1.94 bits per heavy atom. The number of piperazine rings is 1. The predicted octanol–water partition coefficient (Wildman–Crippen LogP) is 2.48. The number of nitrogens with one attached hydrogen (secondary N) is 2. The predicted molar refractivity (Wildman–Crippen MR) is 119 cm³/mol. The van der Waals surface area contributed by atoms with Gasteiger partial charge in [-0.1, -0.05) is 13.8 Å². The number of hydrogen-bond donors (Lipinski definition) is 2. The summed E-state index contributed by atoms with van der Waals surface area (Å²) in [6.07, 6.45) is 1.68. The van der Waals surface area contributed by atoms with Crippen LogP contribution in [0.15, 0.2) is 0 Å². The fraction of sp³-hybridized carbons (Fsp3) is 0.783. The summed E-state index contributed by atoms with van der Waals surface area (Å²) in [6.45, 7) is 9.84. The molecule has 32 heavy (non-hydrogen) atoms. The molecule has 1 aromatic rings. The quantitative estimate of drug-likeness (QED) is 0.668. The molecule has 1 saturated carbocycles. The van der Waals surface area contributed by atoms with E-state index in [2.05, 4.69) is 34.4 Å². The minimum absolute atomic E-state index is 0.0967. The molecule has 0 spiro atoms. The lowest BCUT2D eigenvalue weighted by atomic mass is 10.1. The van der Waals surface area contributed by atoms with Crippen molar-refractivity contribution in [2.24, 2.45) is 23.7 Å². The second-order valence-corrected chi connectivity index (χ2v) is 10.2. The first-order valence-electron chi connectivity index (χ1n) is 12.1. The molecule has 3 heterocycles. The molecule has 5 rings (SSSR count). The van der Waals surface area contributed by atoms with Gasteiger partial charge in [0.25, 0.3) is 5.92 Å². The van der Waals surface area contributed by atoms with Crippen LogP contribution in [0.4, 0.5) is 20.5 Å². The molecule has 1 amide bonds. The molecular weight excluding hydrogens is 414 g/mol. The van der Waals surface area contributed by atoms with Crippen LogP contribution in [-0.4, -0.2) is 66.6 Å². The number of carbonyl (C=O) groups is 1. The fourth-order valence-electron chi connectivity index (χ4n) is 5.59. The zero-order valence-electron chi connectivity index (χ0n) is 19.0. The van der Waals surface area contributed by atoms with E-state index in [1.54, 1.807) is 0 Å². The maximum atomic E-state index is 14.5. The number of alkyl halides is 2. The van der Waals surface area contributed by atoms with Crippen LogP contribution in [0.25, 0.3) is 0 Å². The highest BCUT2D eigenvalue weighted by atomic mass is 19.3. The van der Waals surface area contributed by atoms with Gasteiger partial charge in [0.1, 0.15) is 11.5 Å². The van der Waals surface area contributed by atoms with Gasteiger partial charge in [-0.15, -0.1) is 0 Å². The topological polar surface area (TPSA) is 73.4 Å². The Morgan fingerprint density at radius 3 is 2.62 bits per heavy atom. The maximum absolute atomic E-state index is 14.5. The first kappa shape index (κ1) is 21.8. The van der Waals surface area contributed by atoms with Crippen LogP contribution in [0, 0.1) is 23.7 Å². The van der Waals surface area contributed by atoms with Crippen molar-refractivity contribution in [1.82, 2.24) is 20.2 Å². The third kappa shape index (κ3) is 4.16. The van der Waals surface area contributed by atoms with Gasteiger partial charge in [-0.25, -0.2) is 4.98 Å². The van der Waals surface area contributed by atoms with Crippen molar-refractivity contribution < 1.29 is 13.6 Å². The molecule has 2 saturated heterocycles. The lowest BCUT2D eigenvalue weighted by Gasteiger charge is -2.28. The van der Waals surface area contributed by atoms with Crippen LogP contribution in [0.3, 0.4) is 0 Å². The minimum atomic E-state index is -2.89. The molecule has 2 N–H and O–H groups in total. The normalized spacial score (nSPS) is 28.1. The van der Waals surface area contributed by atoms with Crippen molar-refractivity contribution in [2.75, 3.05) is 56.0 Å². The highest BCUT2D eigenvalue weighted by molar-refractivity contribution is 5.77. The number of carbonyl (C=O) groups excluding carboxylic acids is 1. The Kier molecular flexibility index (Phi) is 5.72. The Labute approximate surface area is 188 Å². The van der Waals surface area contributed by atoms with E-state index in [9.17, 15) is 13.6 Å². The molecular formula is C23H34F2N6O. The third-order valence-corrected chi connectivity index (χ3v) is 7.58. The van der Waals surface area contributed by atoms with E-state index in [4.69, 9.17) is 4.98 Å². The zero-order chi connectivity index (χ0) is 22.5. The molecule has 3 fully saturated rings. The van der Waals surface area contributed by atoms with Gasteiger partial charge in [0.05, 0.1) is 0 Å². The SMILES string of the molecule is CC(C)CCNc1nc(N2C[C@@H]3[C@@H](CC(=O)N4CCNCC4)[C@@H]3C2)c2c(n1)C(F)(F)CC2. The number of nitrogens with zero attached hydrogens (tertiary/aromatic N) is 4. The van der Waals surface area contributed by atoms with Crippen LogP contribution in [0.5, 0.6) is 0 Å². The average molecular weight is 449 g/mol. The summed E-state index contributed by atoms with van der Waals surface area (Å²) in [4.78, 5) is 25.7. The Bertz CT molecular complexity index is 860. The van der Waals surface area contributed by atoms with Gasteiger partial charge in [0.2, 0.25) is 11.9 Å². The number of rotatable bonds is 7. The number of piperidine rings is 1. The summed E-state index contributed by atoms with van der Waals surface area (Å²) in [7, 11) is 0. The van der Waals surface area contributed by atoms with Gasteiger partial charge in [0.15, 0.2) is 0 Å². The molecule has 2 aliphatic carbocycles. The summed E-state index contributed by atoms with van der Waals surface area (Å²) < 4.78 is 29.0. The number of halogens is 2. The molecule has 0 unspecified atom stereocenters. The van der Waals surface area contributed by atoms with Crippen LogP contribution < -0.4 is 15.5 Å². The second-order valence-electron chi connectivity index (χ2n) is 10.2. The molecule has 2 aliphatic heterocycles. The largest absolute Gasteiger partial charge is 0.356 e. The Hall–Kier alpha value is -2.03. The van der Waals surface area contributed by atoms with Crippen LogP contribution in [-0.2, 0) is 17.1 Å². The standard InChI is InChI=1S/C23H34F2N6O/c1-14(2)4-6-27-22-28-20-15(3-5-23(20,24)25)21(29-22)31-12-17-16(18(17)13-31)11-19(32)30-9-7-26-8-10-30/h14,16-18,26H,3-13H2,1-2H3,(H,27,28,29)/t16-,17-,18+. The van der Waals surface area contributed by atoms with Crippen molar-refractivity contribution in [3.63, 3.8) is 0 Å². The number of anilines is 2. The first-order valence-corrected chi connectivity index (χ1v) is 12.1.